The molecule has 1 aliphatic heterocycles. The van der Waals surface area contributed by atoms with Crippen LogP contribution in [0.1, 0.15) is 20.3 Å². The quantitative estimate of drug-likeness (QED) is 0.936. The molecule has 1 saturated heterocycles. The first-order valence-electron chi connectivity index (χ1n) is 7.54. The van der Waals surface area contributed by atoms with Crippen molar-refractivity contribution in [1.29, 1.82) is 0 Å². The van der Waals surface area contributed by atoms with Crippen LogP contribution in [0.25, 0.3) is 10.2 Å². The fourth-order valence-corrected chi connectivity index (χ4v) is 3.92. The fourth-order valence-electron chi connectivity index (χ4n) is 3.05. The van der Waals surface area contributed by atoms with Crippen molar-refractivity contribution < 1.29 is 5.11 Å². The number of anilines is 1. The molecule has 1 N–H and O–H groups in total. The Labute approximate surface area is 129 Å². The van der Waals surface area contributed by atoms with E-state index in [0.29, 0.717) is 6.04 Å². The molecule has 114 valence electrons. The zero-order valence-electron chi connectivity index (χ0n) is 12.6. The summed E-state index contributed by atoms with van der Waals surface area (Å²) in [5.41, 5.74) is 1.03. The average molecular weight is 306 g/mol. The first-order chi connectivity index (χ1) is 10.2. The number of fused-ring (bicyclic) bond motifs is 1. The van der Waals surface area contributed by atoms with Crippen molar-refractivity contribution in [3.63, 3.8) is 0 Å². The highest BCUT2D eigenvalue weighted by Crippen LogP contribution is 2.29. The Morgan fingerprint density at radius 2 is 2.29 bits per heavy atom. The Kier molecular flexibility index (Phi) is 4.37. The number of nitrogens with zero attached hydrogens (tertiary/aromatic N) is 4. The summed E-state index contributed by atoms with van der Waals surface area (Å²) in [7, 11) is 0. The Hall–Kier alpha value is -1.24. The molecule has 1 fully saturated rings. The molecule has 0 aliphatic carbocycles. The molecule has 21 heavy (non-hydrogen) atoms. The van der Waals surface area contributed by atoms with Gasteiger partial charge in [0.1, 0.15) is 12.1 Å². The molecule has 2 aromatic heterocycles. The number of aromatic nitrogens is 2. The smallest absolute Gasteiger partial charge is 0.150 e. The van der Waals surface area contributed by atoms with Crippen molar-refractivity contribution in [2.75, 3.05) is 31.1 Å². The molecule has 5 nitrogen and oxygen atoms in total. The topological polar surface area (TPSA) is 52.5 Å². The number of hydrogen-bond donors (Lipinski definition) is 1. The SMILES string of the molecule is CC[C@@H]1CN(c2ncnc3ccsc23)CCN1C[C@H](C)O. The zero-order valence-corrected chi connectivity index (χ0v) is 13.4. The van der Waals surface area contributed by atoms with E-state index in [-0.39, 0.29) is 6.10 Å². The van der Waals surface area contributed by atoms with Gasteiger partial charge in [-0.2, -0.15) is 0 Å². The molecule has 0 aromatic carbocycles. The van der Waals surface area contributed by atoms with Gasteiger partial charge in [-0.25, -0.2) is 9.97 Å². The summed E-state index contributed by atoms with van der Waals surface area (Å²) in [5.74, 6) is 1.06. The van der Waals surface area contributed by atoms with Crippen LogP contribution < -0.4 is 4.90 Å². The second kappa shape index (κ2) is 6.25. The van der Waals surface area contributed by atoms with Gasteiger partial charge >= 0.3 is 0 Å². The summed E-state index contributed by atoms with van der Waals surface area (Å²) in [5, 5.41) is 11.7. The van der Waals surface area contributed by atoms with Crippen LogP contribution in [-0.4, -0.2) is 58.3 Å². The number of thiophene rings is 1. The van der Waals surface area contributed by atoms with Crippen LogP contribution in [0, 0.1) is 0 Å². The van der Waals surface area contributed by atoms with Crippen molar-refractivity contribution in [3.8, 4) is 0 Å². The number of piperazine rings is 1. The maximum absolute atomic E-state index is 9.64. The highest BCUT2D eigenvalue weighted by atomic mass is 32.1. The van der Waals surface area contributed by atoms with Gasteiger partial charge in [0.25, 0.3) is 0 Å². The average Bonchev–Trinajstić information content (AvgIpc) is 2.95. The standard InChI is InChI=1S/C15H22N4OS/c1-3-12-9-19(6-5-18(12)8-11(2)20)15-14-13(4-7-21-14)16-10-17-15/h4,7,10-12,20H,3,5-6,8-9H2,1-2H3/t11-,12+/m0/s1. The van der Waals surface area contributed by atoms with E-state index in [2.05, 4.69) is 32.1 Å². The van der Waals surface area contributed by atoms with Crippen molar-refractivity contribution >= 4 is 27.4 Å². The first-order valence-corrected chi connectivity index (χ1v) is 8.42. The van der Waals surface area contributed by atoms with E-state index in [0.717, 1.165) is 43.9 Å². The highest BCUT2D eigenvalue weighted by Gasteiger charge is 2.28. The van der Waals surface area contributed by atoms with Gasteiger partial charge in [0.05, 0.1) is 16.3 Å². The van der Waals surface area contributed by atoms with E-state index < -0.39 is 0 Å². The summed E-state index contributed by atoms with van der Waals surface area (Å²) in [6, 6.07) is 2.52. The predicted molar refractivity (Wildman–Crippen MR) is 87.0 cm³/mol. The van der Waals surface area contributed by atoms with E-state index in [4.69, 9.17) is 0 Å². The zero-order chi connectivity index (χ0) is 14.8. The van der Waals surface area contributed by atoms with Crippen molar-refractivity contribution in [1.82, 2.24) is 14.9 Å². The van der Waals surface area contributed by atoms with Crippen LogP contribution in [0.5, 0.6) is 0 Å². The molecule has 0 saturated carbocycles. The number of rotatable bonds is 4. The Balaban J connectivity index is 1.80. The lowest BCUT2D eigenvalue weighted by Crippen LogP contribution is -2.54. The van der Waals surface area contributed by atoms with Crippen LogP contribution in [0.3, 0.4) is 0 Å². The summed E-state index contributed by atoms with van der Waals surface area (Å²) in [4.78, 5) is 13.6. The molecule has 3 heterocycles. The fraction of sp³-hybridized carbons (Fsp3) is 0.600. The van der Waals surface area contributed by atoms with Gasteiger partial charge in [-0.15, -0.1) is 11.3 Å². The molecule has 1 aliphatic rings. The third kappa shape index (κ3) is 3.02. The minimum Gasteiger partial charge on any atom is -0.392 e. The molecule has 0 unspecified atom stereocenters. The first kappa shape index (κ1) is 14.7. The van der Waals surface area contributed by atoms with E-state index in [1.165, 1.54) is 4.70 Å². The number of aliphatic hydroxyl groups excluding tert-OH is 1. The van der Waals surface area contributed by atoms with Crippen molar-refractivity contribution in [3.05, 3.63) is 17.8 Å². The molecular weight excluding hydrogens is 284 g/mol. The predicted octanol–water partition coefficient (Wildman–Crippen LogP) is 1.97. The number of β-amino-alcohol motifs (C(OH)–C–C–N with tert-alkyl or cyclic N) is 1. The molecule has 0 radical (unpaired) electrons. The van der Waals surface area contributed by atoms with Gasteiger partial charge < -0.3 is 10.0 Å². The van der Waals surface area contributed by atoms with Gasteiger partial charge in [-0.05, 0) is 24.8 Å². The summed E-state index contributed by atoms with van der Waals surface area (Å²) >= 11 is 1.71. The molecule has 0 spiro atoms. The van der Waals surface area contributed by atoms with E-state index in [1.807, 2.05) is 13.0 Å². The Morgan fingerprint density at radius 1 is 1.43 bits per heavy atom. The molecule has 0 bridgehead atoms. The summed E-state index contributed by atoms with van der Waals surface area (Å²) in [6.45, 7) is 7.72. The summed E-state index contributed by atoms with van der Waals surface area (Å²) in [6.07, 6.45) is 2.48. The lowest BCUT2D eigenvalue weighted by Gasteiger charge is -2.42. The Bertz CT molecular complexity index is 600. The molecule has 6 heteroatoms. The summed E-state index contributed by atoms with van der Waals surface area (Å²) < 4.78 is 1.18. The normalized spacial score (nSPS) is 21.9. The van der Waals surface area contributed by atoms with Gasteiger partial charge in [0.2, 0.25) is 0 Å². The maximum Gasteiger partial charge on any atom is 0.150 e. The van der Waals surface area contributed by atoms with Crippen molar-refractivity contribution in [2.24, 2.45) is 0 Å². The van der Waals surface area contributed by atoms with Crippen LogP contribution >= 0.6 is 11.3 Å². The monoisotopic (exact) mass is 306 g/mol. The molecule has 0 amide bonds. The number of aliphatic hydroxyl groups is 1. The van der Waals surface area contributed by atoms with Crippen LogP contribution in [0.15, 0.2) is 17.8 Å². The Morgan fingerprint density at radius 3 is 3.05 bits per heavy atom. The largest absolute Gasteiger partial charge is 0.392 e. The van der Waals surface area contributed by atoms with E-state index >= 15 is 0 Å². The molecule has 2 aromatic rings. The second-order valence-corrected chi connectivity index (χ2v) is 6.60. The third-order valence-corrected chi connectivity index (χ3v) is 5.00. The van der Waals surface area contributed by atoms with Gasteiger partial charge in [-0.3, -0.25) is 4.90 Å². The lowest BCUT2D eigenvalue weighted by molar-refractivity contribution is 0.0885. The third-order valence-electron chi connectivity index (χ3n) is 4.10. The lowest BCUT2D eigenvalue weighted by atomic mass is 10.1. The molecule has 3 rings (SSSR count). The van der Waals surface area contributed by atoms with Crippen molar-refractivity contribution in [2.45, 2.75) is 32.4 Å². The van der Waals surface area contributed by atoms with E-state index in [9.17, 15) is 5.11 Å². The minimum absolute atomic E-state index is 0.270. The number of hydrogen-bond acceptors (Lipinski definition) is 6. The van der Waals surface area contributed by atoms with Gasteiger partial charge in [0, 0.05) is 32.2 Å². The molecule has 2 atom stereocenters. The highest BCUT2D eigenvalue weighted by molar-refractivity contribution is 7.17. The van der Waals surface area contributed by atoms with Gasteiger partial charge in [0.15, 0.2) is 0 Å². The van der Waals surface area contributed by atoms with Gasteiger partial charge in [-0.1, -0.05) is 6.92 Å². The van der Waals surface area contributed by atoms with E-state index in [1.54, 1.807) is 17.7 Å². The minimum atomic E-state index is -0.270. The van der Waals surface area contributed by atoms with Crippen LogP contribution in [-0.2, 0) is 0 Å². The maximum atomic E-state index is 9.64. The van der Waals surface area contributed by atoms with Crippen LogP contribution in [0.4, 0.5) is 5.82 Å². The second-order valence-electron chi connectivity index (χ2n) is 5.68. The molecular formula is C15H22N4OS. The van der Waals surface area contributed by atoms with Crippen LogP contribution in [0.2, 0.25) is 0 Å².